The van der Waals surface area contributed by atoms with Crippen LogP contribution >= 0.6 is 26.8 Å². The molecule has 0 N–H and O–H groups in total. The summed E-state index contributed by atoms with van der Waals surface area (Å²) in [5.41, 5.74) is 0. The van der Waals surface area contributed by atoms with Crippen molar-refractivity contribution in [2.45, 2.75) is 38.6 Å². The fourth-order valence-electron chi connectivity index (χ4n) is 2.09. The van der Waals surface area contributed by atoms with E-state index in [4.69, 9.17) is 29.7 Å². The molecule has 0 unspecified atom stereocenters. The Morgan fingerprint density at radius 3 is 1.67 bits per heavy atom. The molecule has 0 aliphatic heterocycles. The third kappa shape index (κ3) is 4.50. The van der Waals surface area contributed by atoms with Gasteiger partial charge in [0.1, 0.15) is 0 Å². The highest BCUT2D eigenvalue weighted by molar-refractivity contribution is 7.77. The third-order valence-corrected chi connectivity index (χ3v) is 10.2. The molecule has 11 heteroatoms. The van der Waals surface area contributed by atoms with Crippen molar-refractivity contribution < 1.29 is 27.2 Å². The van der Waals surface area contributed by atoms with Crippen LogP contribution in [0.5, 0.6) is 0 Å². The number of nitrogens with zero attached hydrogens (tertiary/aromatic N) is 2. The lowest BCUT2D eigenvalue weighted by molar-refractivity contribution is 0.186. The van der Waals surface area contributed by atoms with Gasteiger partial charge in [-0.05, 0) is 27.7 Å². The van der Waals surface area contributed by atoms with Gasteiger partial charge in [-0.2, -0.15) is 0 Å². The minimum absolute atomic E-state index is 0.0634. The number of aromatic nitrogens is 2. The molecule has 1 aromatic rings. The second-order valence-corrected chi connectivity index (χ2v) is 10.7. The fourth-order valence-corrected chi connectivity index (χ4v) is 7.68. The highest BCUT2D eigenvalue weighted by Gasteiger charge is 2.65. The third-order valence-electron chi connectivity index (χ3n) is 2.98. The topological polar surface area (TPSA) is 88.9 Å². The van der Waals surface area contributed by atoms with Crippen LogP contribution < -0.4 is 0 Å². The van der Waals surface area contributed by atoms with E-state index < -0.39 is 19.5 Å². The van der Waals surface area contributed by atoms with E-state index >= 15 is 0 Å². The van der Waals surface area contributed by atoms with Crippen molar-refractivity contribution in [2.75, 3.05) is 26.4 Å². The molecule has 0 saturated heterocycles. The van der Waals surface area contributed by atoms with Crippen LogP contribution in [0.15, 0.2) is 18.7 Å². The zero-order valence-corrected chi connectivity index (χ0v) is 16.9. The number of imidazole rings is 1. The van der Waals surface area contributed by atoms with Crippen LogP contribution in [0.3, 0.4) is 0 Å². The maximum Gasteiger partial charge on any atom is 0.365 e. The summed E-state index contributed by atoms with van der Waals surface area (Å²) in [5.74, 6) is 0. The molecule has 8 nitrogen and oxygen atoms in total. The van der Waals surface area contributed by atoms with Crippen molar-refractivity contribution in [1.29, 1.82) is 0 Å². The van der Waals surface area contributed by atoms with Gasteiger partial charge in [0.05, 0.1) is 39.3 Å². The molecule has 0 bridgehead atoms. The monoisotopic (exact) mass is 402 g/mol. The SMILES string of the molecule is CCOP(=O)(OCC)C(Cl)(Cn1ccnc1)P(=O)(OCC)OCC. The quantitative estimate of drug-likeness (QED) is 0.380. The molecule has 1 rings (SSSR count). The highest BCUT2D eigenvalue weighted by atomic mass is 35.5. The maximum absolute atomic E-state index is 13.4. The van der Waals surface area contributed by atoms with Gasteiger partial charge in [0.15, 0.2) is 0 Å². The van der Waals surface area contributed by atoms with Crippen LogP contribution in [0.2, 0.25) is 0 Å². The molecule has 0 amide bonds. The van der Waals surface area contributed by atoms with E-state index in [0.29, 0.717) is 0 Å². The molecule has 0 saturated carbocycles. The van der Waals surface area contributed by atoms with Crippen molar-refractivity contribution in [3.05, 3.63) is 18.7 Å². The van der Waals surface area contributed by atoms with E-state index in [1.807, 2.05) is 0 Å². The van der Waals surface area contributed by atoms with E-state index in [0.717, 1.165) is 0 Å². The Bertz CT molecular complexity index is 533. The molecule has 0 radical (unpaired) electrons. The van der Waals surface area contributed by atoms with E-state index in [1.165, 1.54) is 17.1 Å². The van der Waals surface area contributed by atoms with E-state index in [2.05, 4.69) is 4.98 Å². The Hall–Kier alpha value is -0.200. The molecule has 0 aliphatic rings. The van der Waals surface area contributed by atoms with Crippen LogP contribution in [0.4, 0.5) is 0 Å². The average molecular weight is 403 g/mol. The Morgan fingerprint density at radius 2 is 1.38 bits per heavy atom. The van der Waals surface area contributed by atoms with Crippen LogP contribution in [-0.4, -0.2) is 40.3 Å². The zero-order valence-electron chi connectivity index (χ0n) is 14.4. The van der Waals surface area contributed by atoms with Gasteiger partial charge in [0, 0.05) is 12.4 Å². The molecule has 1 aromatic heterocycles. The summed E-state index contributed by atoms with van der Waals surface area (Å²) >= 11 is 6.69. The van der Waals surface area contributed by atoms with E-state index in [-0.39, 0.29) is 33.0 Å². The van der Waals surface area contributed by atoms with Gasteiger partial charge in [0.25, 0.3) is 4.36 Å². The summed E-state index contributed by atoms with van der Waals surface area (Å²) in [5, 5.41) is 0. The summed E-state index contributed by atoms with van der Waals surface area (Å²) < 4.78 is 47.8. The van der Waals surface area contributed by atoms with Gasteiger partial charge < -0.3 is 22.7 Å². The first-order valence-corrected chi connectivity index (χ1v) is 11.2. The first-order chi connectivity index (χ1) is 11.3. The minimum atomic E-state index is -4.06. The zero-order chi connectivity index (χ0) is 18.3. The number of halogens is 1. The van der Waals surface area contributed by atoms with Crippen LogP contribution in [0.25, 0.3) is 0 Å². The molecule has 0 atom stereocenters. The average Bonchev–Trinajstić information content (AvgIpc) is 3.00. The number of hydrogen-bond acceptors (Lipinski definition) is 7. The number of hydrogen-bond donors (Lipinski definition) is 0. The molecule has 0 aliphatic carbocycles. The molecule has 0 spiro atoms. The van der Waals surface area contributed by atoms with Crippen molar-refractivity contribution in [3.63, 3.8) is 0 Å². The van der Waals surface area contributed by atoms with Crippen LogP contribution in [0.1, 0.15) is 27.7 Å². The first-order valence-electron chi connectivity index (χ1n) is 7.75. The summed E-state index contributed by atoms with van der Waals surface area (Å²) in [6.45, 7) is 6.66. The lowest BCUT2D eigenvalue weighted by Crippen LogP contribution is -2.32. The van der Waals surface area contributed by atoms with Crippen molar-refractivity contribution in [1.82, 2.24) is 9.55 Å². The second-order valence-electron chi connectivity index (χ2n) is 4.62. The van der Waals surface area contributed by atoms with E-state index in [1.54, 1.807) is 33.9 Å². The molecule has 24 heavy (non-hydrogen) atoms. The number of rotatable bonds is 12. The molecule has 140 valence electrons. The normalized spacial score (nSPS) is 13.4. The molecular weight excluding hydrogens is 378 g/mol. The van der Waals surface area contributed by atoms with E-state index in [9.17, 15) is 9.13 Å². The molecule has 1 heterocycles. The van der Waals surface area contributed by atoms with Gasteiger partial charge in [-0.3, -0.25) is 9.13 Å². The predicted octanol–water partition coefficient (Wildman–Crippen LogP) is 4.31. The van der Waals surface area contributed by atoms with Crippen LogP contribution in [-0.2, 0) is 33.8 Å². The first kappa shape index (κ1) is 21.8. The van der Waals surface area contributed by atoms with Crippen molar-refractivity contribution in [2.24, 2.45) is 0 Å². The number of alkyl halides is 1. The van der Waals surface area contributed by atoms with Gasteiger partial charge >= 0.3 is 15.2 Å². The van der Waals surface area contributed by atoms with Crippen molar-refractivity contribution in [3.8, 4) is 0 Å². The smallest absolute Gasteiger partial charge is 0.334 e. The standard InChI is InChI=1S/C13H25ClN2O6P2/c1-5-19-23(17,20-6-2)13(14,11-16-10-9-15-12-16)24(18,21-7-3)22-8-4/h9-10,12H,5-8,11H2,1-4H3. The maximum atomic E-state index is 13.4. The van der Waals surface area contributed by atoms with Crippen LogP contribution in [0, 0.1) is 0 Å². The molecule has 0 fully saturated rings. The predicted molar refractivity (Wildman–Crippen MR) is 92.5 cm³/mol. The largest absolute Gasteiger partial charge is 0.365 e. The Labute approximate surface area is 147 Å². The highest BCUT2D eigenvalue weighted by Crippen LogP contribution is 2.80. The summed E-state index contributed by atoms with van der Waals surface area (Å²) in [6.07, 6.45) is 4.58. The molecule has 0 aromatic carbocycles. The summed E-state index contributed by atoms with van der Waals surface area (Å²) in [7, 11) is -8.12. The lowest BCUT2D eigenvalue weighted by atomic mass is 10.7. The minimum Gasteiger partial charge on any atom is -0.334 e. The molecular formula is C13H25ClN2O6P2. The van der Waals surface area contributed by atoms with Gasteiger partial charge in [-0.15, -0.1) is 0 Å². The van der Waals surface area contributed by atoms with Gasteiger partial charge in [-0.1, -0.05) is 11.6 Å². The summed E-state index contributed by atoms with van der Waals surface area (Å²) in [4.78, 5) is 3.92. The van der Waals surface area contributed by atoms with Crippen molar-refractivity contribution >= 4 is 26.8 Å². The lowest BCUT2D eigenvalue weighted by Gasteiger charge is -2.37. The fraction of sp³-hybridized carbons (Fsp3) is 0.769. The Balaban J connectivity index is 3.48. The summed E-state index contributed by atoms with van der Waals surface area (Å²) in [6, 6.07) is 0. The second kappa shape index (κ2) is 9.48. The Kier molecular flexibility index (Phi) is 8.63. The van der Waals surface area contributed by atoms with Gasteiger partial charge in [0.2, 0.25) is 0 Å². The Morgan fingerprint density at radius 1 is 0.958 bits per heavy atom. The van der Waals surface area contributed by atoms with Gasteiger partial charge in [-0.25, -0.2) is 4.98 Å².